The van der Waals surface area contributed by atoms with Crippen LogP contribution in [0, 0.1) is 0 Å². The minimum absolute atomic E-state index is 0.550. The molecule has 4 heteroatoms. The zero-order valence-corrected chi connectivity index (χ0v) is 10.2. The van der Waals surface area contributed by atoms with Gasteiger partial charge in [0.2, 0.25) is 0 Å². The van der Waals surface area contributed by atoms with Gasteiger partial charge in [-0.15, -0.1) is 0 Å². The number of rotatable bonds is 6. The number of nitrogens with one attached hydrogen (secondary N) is 2. The number of anilines is 2. The Kier molecular flexibility index (Phi) is 4.55. The molecule has 0 spiro atoms. The minimum atomic E-state index is -0.655. The lowest BCUT2D eigenvalue weighted by molar-refractivity contribution is 0.0637. The molecule has 0 saturated heterocycles. The van der Waals surface area contributed by atoms with Crippen LogP contribution in [-0.4, -0.2) is 29.3 Å². The lowest BCUT2D eigenvalue weighted by Gasteiger charge is -2.23. The number of pyridine rings is 1. The van der Waals surface area contributed by atoms with Crippen molar-refractivity contribution in [2.45, 2.75) is 32.3 Å². The van der Waals surface area contributed by atoms with Crippen molar-refractivity contribution in [3.05, 3.63) is 18.3 Å². The third kappa shape index (κ3) is 4.06. The Labute approximate surface area is 97.1 Å². The van der Waals surface area contributed by atoms with E-state index in [0.29, 0.717) is 6.54 Å². The van der Waals surface area contributed by atoms with Gasteiger partial charge in [-0.25, -0.2) is 4.98 Å². The van der Waals surface area contributed by atoms with Gasteiger partial charge in [-0.2, -0.15) is 0 Å². The average molecular weight is 223 g/mol. The zero-order valence-electron chi connectivity index (χ0n) is 10.2. The van der Waals surface area contributed by atoms with Crippen LogP contribution in [0.15, 0.2) is 18.3 Å². The van der Waals surface area contributed by atoms with Crippen LogP contribution < -0.4 is 10.6 Å². The summed E-state index contributed by atoms with van der Waals surface area (Å²) in [6, 6.07) is 3.81. The fourth-order valence-electron chi connectivity index (χ4n) is 1.60. The third-order valence-electron chi connectivity index (χ3n) is 2.48. The third-order valence-corrected chi connectivity index (χ3v) is 2.48. The van der Waals surface area contributed by atoms with Crippen LogP contribution in [0.5, 0.6) is 0 Å². The van der Waals surface area contributed by atoms with Crippen molar-refractivity contribution in [1.82, 2.24) is 4.98 Å². The fourth-order valence-corrected chi connectivity index (χ4v) is 1.60. The maximum absolute atomic E-state index is 10.0. The first-order valence-electron chi connectivity index (χ1n) is 5.67. The molecular weight excluding hydrogens is 202 g/mol. The molecule has 0 bridgehead atoms. The molecule has 0 radical (unpaired) electrons. The smallest absolute Gasteiger partial charge is 0.127 e. The van der Waals surface area contributed by atoms with Crippen LogP contribution in [0.1, 0.15) is 26.7 Å². The molecule has 1 unspecified atom stereocenters. The van der Waals surface area contributed by atoms with Gasteiger partial charge in [-0.3, -0.25) is 0 Å². The first kappa shape index (κ1) is 12.8. The molecule has 0 saturated carbocycles. The molecule has 0 aliphatic carbocycles. The summed E-state index contributed by atoms with van der Waals surface area (Å²) in [6.45, 7) is 4.47. The summed E-state index contributed by atoms with van der Waals surface area (Å²) >= 11 is 0. The number of hydrogen-bond donors (Lipinski definition) is 3. The molecule has 16 heavy (non-hydrogen) atoms. The van der Waals surface area contributed by atoms with Crippen molar-refractivity contribution in [2.24, 2.45) is 0 Å². The molecule has 0 aliphatic rings. The highest BCUT2D eigenvalue weighted by atomic mass is 16.3. The second-order valence-corrected chi connectivity index (χ2v) is 4.28. The lowest BCUT2D eigenvalue weighted by Crippen LogP contribution is -2.33. The standard InChI is InChI=1S/C12H21N3O/c1-4-6-12(2,16)9-15-10-5-7-14-11(8-10)13-3/h5,7-8,16H,4,6,9H2,1-3H3,(H2,13,14,15). The molecule has 0 aromatic carbocycles. The van der Waals surface area contributed by atoms with E-state index in [9.17, 15) is 5.11 Å². The molecule has 90 valence electrons. The van der Waals surface area contributed by atoms with E-state index in [2.05, 4.69) is 22.5 Å². The van der Waals surface area contributed by atoms with Crippen LogP contribution in [0.4, 0.5) is 11.5 Å². The normalized spacial score (nSPS) is 14.2. The van der Waals surface area contributed by atoms with Crippen LogP contribution in [-0.2, 0) is 0 Å². The van der Waals surface area contributed by atoms with Gasteiger partial charge in [0.05, 0.1) is 5.60 Å². The van der Waals surface area contributed by atoms with E-state index in [4.69, 9.17) is 0 Å². The summed E-state index contributed by atoms with van der Waals surface area (Å²) in [4.78, 5) is 4.13. The van der Waals surface area contributed by atoms with Crippen LogP contribution in [0.3, 0.4) is 0 Å². The molecule has 1 rings (SSSR count). The van der Waals surface area contributed by atoms with E-state index in [1.165, 1.54) is 0 Å². The Balaban J connectivity index is 2.53. The topological polar surface area (TPSA) is 57.2 Å². The van der Waals surface area contributed by atoms with Crippen molar-refractivity contribution in [3.8, 4) is 0 Å². The van der Waals surface area contributed by atoms with Crippen molar-refractivity contribution >= 4 is 11.5 Å². The number of aliphatic hydroxyl groups is 1. The van der Waals surface area contributed by atoms with Gasteiger partial charge >= 0.3 is 0 Å². The summed E-state index contributed by atoms with van der Waals surface area (Å²) < 4.78 is 0. The molecule has 1 heterocycles. The largest absolute Gasteiger partial charge is 0.388 e. The maximum Gasteiger partial charge on any atom is 0.127 e. The molecule has 1 atom stereocenters. The number of aromatic nitrogens is 1. The Hall–Kier alpha value is -1.29. The molecule has 0 aliphatic heterocycles. The molecule has 4 nitrogen and oxygen atoms in total. The van der Waals surface area contributed by atoms with Gasteiger partial charge in [0, 0.05) is 31.5 Å². The molecule has 1 aromatic rings. The Morgan fingerprint density at radius 3 is 2.88 bits per heavy atom. The predicted molar refractivity (Wildman–Crippen MR) is 67.8 cm³/mol. The van der Waals surface area contributed by atoms with Gasteiger partial charge < -0.3 is 15.7 Å². The van der Waals surface area contributed by atoms with Crippen LogP contribution in [0.2, 0.25) is 0 Å². The van der Waals surface area contributed by atoms with Crippen molar-refractivity contribution < 1.29 is 5.11 Å². The molecular formula is C12H21N3O. The highest BCUT2D eigenvalue weighted by molar-refractivity contribution is 5.51. The summed E-state index contributed by atoms with van der Waals surface area (Å²) in [5, 5.41) is 16.2. The fraction of sp³-hybridized carbons (Fsp3) is 0.583. The van der Waals surface area contributed by atoms with E-state index in [1.54, 1.807) is 6.20 Å². The van der Waals surface area contributed by atoms with E-state index >= 15 is 0 Å². The van der Waals surface area contributed by atoms with Crippen molar-refractivity contribution in [2.75, 3.05) is 24.2 Å². The first-order valence-corrected chi connectivity index (χ1v) is 5.67. The summed E-state index contributed by atoms with van der Waals surface area (Å²) in [5.74, 6) is 0.820. The highest BCUT2D eigenvalue weighted by Crippen LogP contribution is 2.15. The summed E-state index contributed by atoms with van der Waals surface area (Å²) in [7, 11) is 1.83. The summed E-state index contributed by atoms with van der Waals surface area (Å²) in [5.41, 5.74) is 0.313. The Morgan fingerprint density at radius 1 is 1.50 bits per heavy atom. The molecule has 1 aromatic heterocycles. The van der Waals surface area contributed by atoms with Gasteiger partial charge in [0.25, 0.3) is 0 Å². The van der Waals surface area contributed by atoms with Gasteiger partial charge in [-0.1, -0.05) is 13.3 Å². The Morgan fingerprint density at radius 2 is 2.25 bits per heavy atom. The second kappa shape index (κ2) is 5.70. The quantitative estimate of drug-likeness (QED) is 0.691. The van der Waals surface area contributed by atoms with Gasteiger partial charge in [0.1, 0.15) is 5.82 Å². The van der Waals surface area contributed by atoms with E-state index < -0.39 is 5.60 Å². The van der Waals surface area contributed by atoms with E-state index in [-0.39, 0.29) is 0 Å². The maximum atomic E-state index is 10.0. The molecule has 0 amide bonds. The van der Waals surface area contributed by atoms with Crippen LogP contribution >= 0.6 is 0 Å². The van der Waals surface area contributed by atoms with Gasteiger partial charge in [-0.05, 0) is 19.4 Å². The predicted octanol–water partition coefficient (Wildman–Crippen LogP) is 2.09. The zero-order chi connectivity index (χ0) is 12.0. The van der Waals surface area contributed by atoms with E-state index in [1.807, 2.05) is 26.1 Å². The minimum Gasteiger partial charge on any atom is -0.388 e. The highest BCUT2D eigenvalue weighted by Gasteiger charge is 2.18. The lowest BCUT2D eigenvalue weighted by atomic mass is 10.0. The van der Waals surface area contributed by atoms with Gasteiger partial charge in [0.15, 0.2) is 0 Å². The molecule has 0 fully saturated rings. The Bertz CT molecular complexity index is 326. The molecule has 3 N–H and O–H groups in total. The monoisotopic (exact) mass is 223 g/mol. The second-order valence-electron chi connectivity index (χ2n) is 4.28. The SMILES string of the molecule is CCCC(C)(O)CNc1ccnc(NC)c1. The first-order chi connectivity index (χ1) is 7.57. The van der Waals surface area contributed by atoms with E-state index in [0.717, 1.165) is 24.3 Å². The van der Waals surface area contributed by atoms with Crippen molar-refractivity contribution in [3.63, 3.8) is 0 Å². The number of hydrogen-bond acceptors (Lipinski definition) is 4. The summed E-state index contributed by atoms with van der Waals surface area (Å²) in [6.07, 6.45) is 3.51. The van der Waals surface area contributed by atoms with Crippen molar-refractivity contribution in [1.29, 1.82) is 0 Å². The number of nitrogens with zero attached hydrogens (tertiary/aromatic N) is 1. The van der Waals surface area contributed by atoms with Crippen LogP contribution in [0.25, 0.3) is 0 Å². The average Bonchev–Trinajstić information content (AvgIpc) is 2.27.